The number of hydrogen-bond donors (Lipinski definition) is 4. The van der Waals surface area contributed by atoms with Gasteiger partial charge in [-0.15, -0.1) is 0 Å². The fourth-order valence-corrected chi connectivity index (χ4v) is 3.85. The quantitative estimate of drug-likeness (QED) is 0.574. The molecule has 0 bridgehead atoms. The van der Waals surface area contributed by atoms with Crippen LogP contribution in [0.4, 0.5) is 0 Å². The molecule has 0 saturated heterocycles. The van der Waals surface area contributed by atoms with Crippen LogP contribution in [0.2, 0.25) is 0 Å². The minimum atomic E-state index is -1.12. The van der Waals surface area contributed by atoms with Gasteiger partial charge in [0.2, 0.25) is 11.8 Å². The molecule has 5 N–H and O–H groups in total. The van der Waals surface area contributed by atoms with E-state index in [0.29, 0.717) is 18.5 Å². The van der Waals surface area contributed by atoms with E-state index < -0.39 is 24.5 Å². The van der Waals surface area contributed by atoms with Crippen molar-refractivity contribution in [1.82, 2.24) is 15.2 Å². The molecule has 0 aliphatic heterocycles. The predicted octanol–water partition coefficient (Wildman–Crippen LogP) is 0.429. The molecule has 2 aromatic rings. The third-order valence-electron chi connectivity index (χ3n) is 5.45. The van der Waals surface area contributed by atoms with Crippen molar-refractivity contribution in [2.24, 2.45) is 18.7 Å². The zero-order chi connectivity index (χ0) is 20.3. The zero-order valence-electron chi connectivity index (χ0n) is 15.9. The Balaban J connectivity index is 1.74. The van der Waals surface area contributed by atoms with Crippen LogP contribution in [0.25, 0.3) is 10.9 Å². The number of aromatic nitrogens is 1. The van der Waals surface area contributed by atoms with Crippen LogP contribution in [0, 0.1) is 5.92 Å². The van der Waals surface area contributed by atoms with Crippen LogP contribution >= 0.6 is 0 Å². The molecule has 3 amide bonds. The number of hydrogen-bond acceptors (Lipinski definition) is 4. The van der Waals surface area contributed by atoms with E-state index in [-0.39, 0.29) is 17.9 Å². The second-order valence-electron chi connectivity index (χ2n) is 7.26. The van der Waals surface area contributed by atoms with Gasteiger partial charge in [-0.2, -0.15) is 0 Å². The average Bonchev–Trinajstić information content (AvgIpc) is 3.03. The summed E-state index contributed by atoms with van der Waals surface area (Å²) in [6.45, 7) is -0.555. The Labute approximate surface area is 163 Å². The number of carbonyl (C=O) groups excluding carboxylic acids is 3. The van der Waals surface area contributed by atoms with E-state index >= 15 is 0 Å². The highest BCUT2D eigenvalue weighted by Crippen LogP contribution is 2.26. The van der Waals surface area contributed by atoms with Crippen molar-refractivity contribution in [2.45, 2.75) is 37.8 Å². The number of carbonyl (C=O) groups is 3. The SMILES string of the molecule is Cn1c(C(=O)NC2CCCCC2C(=O)NC(CO)C(N)=O)cc2ccccc21. The Hall–Kier alpha value is -2.87. The second-order valence-corrected chi connectivity index (χ2v) is 7.26. The number of para-hydroxylation sites is 1. The molecule has 1 aliphatic carbocycles. The molecule has 1 aromatic carbocycles. The van der Waals surface area contributed by atoms with Gasteiger partial charge in [-0.3, -0.25) is 14.4 Å². The van der Waals surface area contributed by atoms with Crippen molar-refractivity contribution >= 4 is 28.6 Å². The first-order valence-electron chi connectivity index (χ1n) is 9.48. The summed E-state index contributed by atoms with van der Waals surface area (Å²) in [6.07, 6.45) is 3.04. The van der Waals surface area contributed by atoms with Gasteiger partial charge >= 0.3 is 0 Å². The number of nitrogens with zero attached hydrogens (tertiary/aromatic N) is 1. The van der Waals surface area contributed by atoms with E-state index in [1.54, 1.807) is 0 Å². The summed E-state index contributed by atoms with van der Waals surface area (Å²) in [5.74, 6) is -1.87. The zero-order valence-corrected chi connectivity index (χ0v) is 15.9. The molecule has 1 heterocycles. The highest BCUT2D eigenvalue weighted by molar-refractivity contribution is 5.99. The summed E-state index contributed by atoms with van der Waals surface area (Å²) >= 11 is 0. The number of amides is 3. The third-order valence-corrected chi connectivity index (χ3v) is 5.45. The van der Waals surface area contributed by atoms with Crippen molar-refractivity contribution in [3.63, 3.8) is 0 Å². The van der Waals surface area contributed by atoms with Gasteiger partial charge in [-0.1, -0.05) is 31.0 Å². The second kappa shape index (κ2) is 8.43. The Morgan fingerprint density at radius 1 is 1.25 bits per heavy atom. The minimum absolute atomic E-state index is 0.239. The van der Waals surface area contributed by atoms with Crippen LogP contribution in [-0.2, 0) is 16.6 Å². The van der Waals surface area contributed by atoms with E-state index in [1.807, 2.05) is 41.9 Å². The van der Waals surface area contributed by atoms with Crippen molar-refractivity contribution in [3.8, 4) is 0 Å². The number of primary amides is 1. The maximum absolute atomic E-state index is 12.9. The van der Waals surface area contributed by atoms with Gasteiger partial charge in [0.05, 0.1) is 12.5 Å². The lowest BCUT2D eigenvalue weighted by atomic mass is 9.83. The molecule has 1 aliphatic rings. The van der Waals surface area contributed by atoms with E-state index in [9.17, 15) is 19.5 Å². The number of nitrogens with two attached hydrogens (primary N) is 1. The van der Waals surface area contributed by atoms with Crippen LogP contribution in [-0.4, -0.2) is 46.1 Å². The standard InChI is InChI=1S/C20H26N4O4/c1-24-16-9-5-2-6-12(16)10-17(24)20(28)22-14-8-4-3-7-13(14)19(27)23-15(11-25)18(21)26/h2,5-6,9-10,13-15,25H,3-4,7-8,11H2,1H3,(H2,21,26)(H,22,28)(H,23,27). The molecule has 150 valence electrons. The Kier molecular flexibility index (Phi) is 5.99. The van der Waals surface area contributed by atoms with Crippen molar-refractivity contribution < 1.29 is 19.5 Å². The van der Waals surface area contributed by atoms with Gasteiger partial charge in [-0.05, 0) is 25.0 Å². The van der Waals surface area contributed by atoms with E-state index in [1.165, 1.54) is 0 Å². The summed E-state index contributed by atoms with van der Waals surface area (Å²) < 4.78 is 1.83. The Morgan fingerprint density at radius 2 is 1.96 bits per heavy atom. The lowest BCUT2D eigenvalue weighted by molar-refractivity contribution is -0.132. The van der Waals surface area contributed by atoms with E-state index in [2.05, 4.69) is 10.6 Å². The predicted molar refractivity (Wildman–Crippen MR) is 104 cm³/mol. The molecule has 0 spiro atoms. The normalized spacial score (nSPS) is 20.5. The lowest BCUT2D eigenvalue weighted by Gasteiger charge is -2.32. The highest BCUT2D eigenvalue weighted by Gasteiger charge is 2.34. The fourth-order valence-electron chi connectivity index (χ4n) is 3.85. The lowest BCUT2D eigenvalue weighted by Crippen LogP contribution is -2.53. The molecule has 8 heteroatoms. The highest BCUT2D eigenvalue weighted by atomic mass is 16.3. The molecular weight excluding hydrogens is 360 g/mol. The molecule has 8 nitrogen and oxygen atoms in total. The van der Waals surface area contributed by atoms with E-state index in [0.717, 1.165) is 23.7 Å². The van der Waals surface area contributed by atoms with E-state index in [4.69, 9.17) is 5.73 Å². The average molecular weight is 386 g/mol. The van der Waals surface area contributed by atoms with Gasteiger partial charge < -0.3 is 26.0 Å². The maximum atomic E-state index is 12.9. The van der Waals surface area contributed by atoms with Crippen LogP contribution in [0.1, 0.15) is 36.2 Å². The monoisotopic (exact) mass is 386 g/mol. The summed E-state index contributed by atoms with van der Waals surface area (Å²) in [5, 5.41) is 15.7. The summed E-state index contributed by atoms with van der Waals surface area (Å²) in [7, 11) is 1.83. The molecule has 1 saturated carbocycles. The number of fused-ring (bicyclic) bond motifs is 1. The molecule has 3 atom stereocenters. The number of nitrogens with one attached hydrogen (secondary N) is 2. The first-order chi connectivity index (χ1) is 13.4. The number of benzene rings is 1. The van der Waals surface area contributed by atoms with Crippen molar-refractivity contribution in [1.29, 1.82) is 0 Å². The molecule has 1 aromatic heterocycles. The van der Waals surface area contributed by atoms with Gasteiger partial charge in [0, 0.05) is 24.0 Å². The molecule has 1 fully saturated rings. The minimum Gasteiger partial charge on any atom is -0.394 e. The van der Waals surface area contributed by atoms with Crippen molar-refractivity contribution in [3.05, 3.63) is 36.0 Å². The largest absolute Gasteiger partial charge is 0.394 e. The first kappa shape index (κ1) is 19.9. The van der Waals surface area contributed by atoms with Crippen LogP contribution < -0.4 is 16.4 Å². The van der Waals surface area contributed by atoms with Gasteiger partial charge in [0.15, 0.2) is 0 Å². The van der Waals surface area contributed by atoms with Crippen LogP contribution in [0.15, 0.2) is 30.3 Å². The summed E-state index contributed by atoms with van der Waals surface area (Å²) in [5.41, 5.74) is 6.66. The number of aliphatic hydroxyl groups is 1. The number of aryl methyl sites for hydroxylation is 1. The maximum Gasteiger partial charge on any atom is 0.268 e. The number of rotatable bonds is 6. The molecule has 28 heavy (non-hydrogen) atoms. The Morgan fingerprint density at radius 3 is 2.64 bits per heavy atom. The van der Waals surface area contributed by atoms with Crippen LogP contribution in [0.3, 0.4) is 0 Å². The fraction of sp³-hybridized carbons (Fsp3) is 0.450. The molecule has 0 radical (unpaired) electrons. The Bertz CT molecular complexity index is 891. The van der Waals surface area contributed by atoms with Gasteiger partial charge in [0.1, 0.15) is 11.7 Å². The topological polar surface area (TPSA) is 126 Å². The van der Waals surface area contributed by atoms with Crippen molar-refractivity contribution in [2.75, 3.05) is 6.61 Å². The summed E-state index contributed by atoms with van der Waals surface area (Å²) in [6, 6.07) is 8.10. The van der Waals surface area contributed by atoms with Gasteiger partial charge in [-0.25, -0.2) is 0 Å². The molecule has 3 rings (SSSR count). The first-order valence-corrected chi connectivity index (χ1v) is 9.48. The molecular formula is C20H26N4O4. The molecule has 3 unspecified atom stereocenters. The van der Waals surface area contributed by atoms with Gasteiger partial charge in [0.25, 0.3) is 5.91 Å². The number of aliphatic hydroxyl groups excluding tert-OH is 1. The third kappa shape index (κ3) is 4.01. The van der Waals surface area contributed by atoms with Crippen LogP contribution in [0.5, 0.6) is 0 Å². The summed E-state index contributed by atoms with van der Waals surface area (Å²) in [4.78, 5) is 36.8. The smallest absolute Gasteiger partial charge is 0.268 e.